The highest BCUT2D eigenvalue weighted by Gasteiger charge is 2.41. The van der Waals surface area contributed by atoms with Gasteiger partial charge in [0.2, 0.25) is 0 Å². The highest BCUT2D eigenvalue weighted by atomic mass is 28.3. The number of benzene rings is 9. The second-order valence-corrected chi connectivity index (χ2v) is 18.3. The summed E-state index contributed by atoms with van der Waals surface area (Å²) in [7, 11) is -2.90. The summed E-state index contributed by atoms with van der Waals surface area (Å²) in [6, 6.07) is 69.3. The van der Waals surface area contributed by atoms with Crippen molar-refractivity contribution < 1.29 is 6.85 Å². The largest absolute Gasteiger partial charge is 0.309 e. The highest BCUT2D eigenvalue weighted by molar-refractivity contribution is 7.19. The Morgan fingerprint density at radius 3 is 1.44 bits per heavy atom. The van der Waals surface area contributed by atoms with Crippen LogP contribution in [0.15, 0.2) is 230 Å². The first-order chi connectivity index (χ1) is 30.4. The summed E-state index contributed by atoms with van der Waals surface area (Å²) in [5, 5.41) is 9.08. The molecule has 2 aromatic heterocycles. The second-order valence-electron chi connectivity index (χ2n) is 14.5. The van der Waals surface area contributed by atoms with Crippen molar-refractivity contribution in [3.63, 3.8) is 0 Å². The van der Waals surface area contributed by atoms with Crippen LogP contribution in [-0.4, -0.2) is 17.2 Å². The molecule has 11 rings (SSSR count). The normalized spacial score (nSPS) is 13.1. The molecule has 0 bridgehead atoms. The van der Waals surface area contributed by atoms with Gasteiger partial charge >= 0.3 is 0 Å². The number of rotatable bonds is 7. The number of para-hydroxylation sites is 2. The molecule has 57 heavy (non-hydrogen) atoms. The average molecular weight is 748 g/mol. The molecule has 0 saturated carbocycles. The molecule has 0 spiro atoms. The van der Waals surface area contributed by atoms with Crippen molar-refractivity contribution in [1.29, 1.82) is 0 Å². The Kier molecular flexibility index (Phi) is 6.70. The molecular formula is C54H38N2Si. The number of nitrogens with zero attached hydrogens (tertiary/aromatic N) is 2. The molecule has 9 aromatic carbocycles. The van der Waals surface area contributed by atoms with Crippen molar-refractivity contribution in [1.82, 2.24) is 9.13 Å². The monoisotopic (exact) mass is 747 g/mol. The molecule has 0 saturated heterocycles. The number of fused-ring (bicyclic) bond motifs is 6. The van der Waals surface area contributed by atoms with E-state index in [0.717, 1.165) is 55.0 Å². The van der Waals surface area contributed by atoms with Gasteiger partial charge in [-0.3, -0.25) is 0 Å². The van der Waals surface area contributed by atoms with E-state index in [1.54, 1.807) is 0 Å². The first-order valence-electron chi connectivity index (χ1n) is 21.8. The van der Waals surface area contributed by atoms with Crippen LogP contribution in [0.2, 0.25) is 0 Å². The molecule has 0 aliphatic rings. The fraction of sp³-hybridized carbons (Fsp3) is 0. The minimum Gasteiger partial charge on any atom is -0.309 e. The quantitative estimate of drug-likeness (QED) is 0.114. The zero-order valence-electron chi connectivity index (χ0n) is 35.9. The third-order valence-corrected chi connectivity index (χ3v) is 16.3. The lowest BCUT2D eigenvalue weighted by Crippen LogP contribution is -2.74. The molecule has 11 aromatic rings. The van der Waals surface area contributed by atoms with Crippen LogP contribution in [0.1, 0.15) is 6.85 Å². The first kappa shape index (κ1) is 28.2. The van der Waals surface area contributed by atoms with Crippen LogP contribution in [-0.2, 0) is 0 Å². The predicted molar refractivity (Wildman–Crippen MR) is 244 cm³/mol. The van der Waals surface area contributed by atoms with Gasteiger partial charge in [-0.2, -0.15) is 0 Å². The van der Waals surface area contributed by atoms with Crippen LogP contribution in [0.5, 0.6) is 0 Å². The van der Waals surface area contributed by atoms with Gasteiger partial charge in [0, 0.05) is 32.9 Å². The molecule has 0 fully saturated rings. The molecule has 0 atom stereocenters. The van der Waals surface area contributed by atoms with E-state index in [1.807, 2.05) is 12.1 Å². The molecular weight excluding hydrogens is 705 g/mol. The summed E-state index contributed by atoms with van der Waals surface area (Å²) in [6.45, 7) is 0. The molecule has 2 heterocycles. The van der Waals surface area contributed by atoms with Crippen LogP contribution in [0.4, 0.5) is 0 Å². The van der Waals surface area contributed by atoms with E-state index in [1.165, 1.54) is 20.7 Å². The zero-order valence-corrected chi connectivity index (χ0v) is 31.9. The highest BCUT2D eigenvalue weighted by Crippen LogP contribution is 2.40. The maximum Gasteiger partial charge on any atom is 0.179 e. The first-order valence-corrected chi connectivity index (χ1v) is 21.3. The van der Waals surface area contributed by atoms with Crippen LogP contribution in [0.25, 0.3) is 66.1 Å². The van der Waals surface area contributed by atoms with Crippen LogP contribution in [0, 0.1) is 0 Å². The number of hydrogen-bond donors (Lipinski definition) is 0. The van der Waals surface area contributed by atoms with Crippen molar-refractivity contribution in [3.05, 3.63) is 230 Å². The minimum absolute atomic E-state index is 0.181. The standard InChI is InChI=1S/C54H38N2Si/c1-5-19-39(20-6-1)46-31-18-34-53-54(46)49-38-41(55-50-32-15-13-29-47(50)48-30-14-16-33-51(48)55)35-36-52(49)56(53)40-21-17-28-45(37-40)57(42-22-7-2-8-23-42,43-24-9-3-10-25-43)44-26-11-4-12-27-44/h1-38H/i1D,5D,6D,19D,20D. The fourth-order valence-electron chi connectivity index (χ4n) is 9.21. The predicted octanol–water partition coefficient (Wildman–Crippen LogP) is 10.9. The van der Waals surface area contributed by atoms with Gasteiger partial charge in [-0.25, -0.2) is 0 Å². The van der Waals surface area contributed by atoms with Crippen LogP contribution in [0.3, 0.4) is 0 Å². The SMILES string of the molecule is [2H]c1c([2H])c([2H])c(-c2cccc3c2c2cc(-n4c5ccccc5c5ccccc54)ccc2n3-c2cccc([Si](c3ccccc3)(c3ccccc3)c3ccccc3)c2)c([2H])c1[2H]. The van der Waals surface area contributed by atoms with E-state index in [-0.39, 0.29) is 29.7 Å². The van der Waals surface area contributed by atoms with Crippen molar-refractivity contribution >= 4 is 72.4 Å². The molecule has 3 heteroatoms. The lowest BCUT2D eigenvalue weighted by molar-refractivity contribution is 1.17. The minimum atomic E-state index is -2.90. The molecule has 0 radical (unpaired) electrons. The number of hydrogen-bond acceptors (Lipinski definition) is 0. The maximum atomic E-state index is 9.13. The van der Waals surface area contributed by atoms with Crippen molar-refractivity contribution in [2.24, 2.45) is 0 Å². The van der Waals surface area contributed by atoms with Gasteiger partial charge in [-0.15, -0.1) is 0 Å². The third kappa shape index (κ3) is 5.17. The van der Waals surface area contributed by atoms with Gasteiger partial charge < -0.3 is 9.13 Å². The lowest BCUT2D eigenvalue weighted by atomic mass is 9.99. The Labute approximate surface area is 340 Å². The van der Waals surface area contributed by atoms with E-state index in [2.05, 4.69) is 197 Å². The molecule has 268 valence electrons. The summed E-state index contributed by atoms with van der Waals surface area (Å²) in [4.78, 5) is 0. The lowest BCUT2D eigenvalue weighted by Gasteiger charge is -2.34. The van der Waals surface area contributed by atoms with Crippen LogP contribution < -0.4 is 20.7 Å². The summed E-state index contributed by atoms with van der Waals surface area (Å²) in [6.07, 6.45) is 0. The Balaban J connectivity index is 1.25. The zero-order chi connectivity index (χ0) is 42.1. The van der Waals surface area contributed by atoms with E-state index in [9.17, 15) is 0 Å². The van der Waals surface area contributed by atoms with E-state index in [0.29, 0.717) is 5.56 Å². The van der Waals surface area contributed by atoms with Gasteiger partial charge in [0.05, 0.1) is 28.9 Å². The number of aromatic nitrogens is 2. The molecule has 0 aliphatic heterocycles. The Hall–Kier alpha value is -7.20. The summed E-state index contributed by atoms with van der Waals surface area (Å²) >= 11 is 0. The Morgan fingerprint density at radius 2 is 0.825 bits per heavy atom. The van der Waals surface area contributed by atoms with Crippen LogP contribution >= 0.6 is 0 Å². The molecule has 0 N–H and O–H groups in total. The van der Waals surface area contributed by atoms with Gasteiger partial charge in [-0.1, -0.05) is 182 Å². The second kappa shape index (κ2) is 13.5. The van der Waals surface area contributed by atoms with Crippen molar-refractivity contribution in [2.45, 2.75) is 0 Å². The van der Waals surface area contributed by atoms with E-state index < -0.39 is 14.1 Å². The smallest absolute Gasteiger partial charge is 0.179 e. The Bertz CT molecular complexity index is 3350. The molecule has 0 aliphatic carbocycles. The molecule has 0 unspecified atom stereocenters. The van der Waals surface area contributed by atoms with Gasteiger partial charge in [0.25, 0.3) is 0 Å². The average Bonchev–Trinajstić information content (AvgIpc) is 3.85. The Morgan fingerprint density at radius 1 is 0.351 bits per heavy atom. The fourth-order valence-corrected chi connectivity index (χ4v) is 14.0. The van der Waals surface area contributed by atoms with E-state index in [4.69, 9.17) is 6.85 Å². The van der Waals surface area contributed by atoms with Gasteiger partial charge in [0.15, 0.2) is 8.07 Å². The van der Waals surface area contributed by atoms with Gasteiger partial charge in [-0.05, 0) is 80.4 Å². The van der Waals surface area contributed by atoms with Crippen molar-refractivity contribution in [2.75, 3.05) is 0 Å². The third-order valence-electron chi connectivity index (χ3n) is 11.5. The van der Waals surface area contributed by atoms with Crippen molar-refractivity contribution in [3.8, 4) is 22.5 Å². The maximum absolute atomic E-state index is 9.13. The summed E-state index contributed by atoms with van der Waals surface area (Å²) in [5.41, 5.74) is 6.66. The summed E-state index contributed by atoms with van der Waals surface area (Å²) < 4.78 is 48.6. The molecule has 0 amide bonds. The molecule has 2 nitrogen and oxygen atoms in total. The van der Waals surface area contributed by atoms with E-state index >= 15 is 0 Å². The topological polar surface area (TPSA) is 9.86 Å². The van der Waals surface area contributed by atoms with Gasteiger partial charge in [0.1, 0.15) is 0 Å². The summed E-state index contributed by atoms with van der Waals surface area (Å²) in [5.74, 6) is 0.